The maximum atomic E-state index is 12.8. The molecule has 3 aromatic rings. The Labute approximate surface area is 154 Å². The highest BCUT2D eigenvalue weighted by Crippen LogP contribution is 2.29. The average molecular weight is 376 g/mol. The number of carbonyl (C=O) groups excluding carboxylic acids is 1. The first kappa shape index (κ1) is 18.9. The van der Waals surface area contributed by atoms with Crippen LogP contribution in [-0.4, -0.2) is 21.8 Å². The number of amides is 1. The second kappa shape index (κ2) is 6.70. The van der Waals surface area contributed by atoms with Crippen molar-refractivity contribution in [2.45, 2.75) is 25.4 Å². The zero-order chi connectivity index (χ0) is 19.8. The van der Waals surface area contributed by atoms with E-state index in [2.05, 4.69) is 10.3 Å². The monoisotopic (exact) mass is 376 g/mol. The standard InChI is InChI=1S/C19H19F3N4O/c1-18(2,11-23)13-5-3-12(4-6-13)17(27)25-15-10-26-9-14(19(20,21)22)7-8-16(26)24-15/h3-10H,11,23H2,1-2H3,(H,25,27). The van der Waals surface area contributed by atoms with E-state index in [1.54, 1.807) is 12.1 Å². The van der Waals surface area contributed by atoms with Crippen molar-refractivity contribution in [3.8, 4) is 0 Å². The molecule has 0 aliphatic rings. The lowest BCUT2D eigenvalue weighted by atomic mass is 9.84. The second-order valence-electron chi connectivity index (χ2n) is 6.93. The molecular formula is C19H19F3N4O. The molecule has 1 amide bonds. The zero-order valence-corrected chi connectivity index (χ0v) is 14.8. The molecule has 0 bridgehead atoms. The molecule has 0 radical (unpaired) electrons. The Morgan fingerprint density at radius 1 is 1.07 bits per heavy atom. The number of aromatic nitrogens is 2. The molecule has 0 atom stereocenters. The van der Waals surface area contributed by atoms with Crippen molar-refractivity contribution in [3.63, 3.8) is 0 Å². The maximum absolute atomic E-state index is 12.8. The van der Waals surface area contributed by atoms with Crippen LogP contribution >= 0.6 is 0 Å². The van der Waals surface area contributed by atoms with Gasteiger partial charge >= 0.3 is 6.18 Å². The minimum Gasteiger partial charge on any atom is -0.330 e. The summed E-state index contributed by atoms with van der Waals surface area (Å²) in [6.45, 7) is 4.49. The van der Waals surface area contributed by atoms with Crippen molar-refractivity contribution < 1.29 is 18.0 Å². The number of anilines is 1. The Morgan fingerprint density at radius 3 is 2.30 bits per heavy atom. The van der Waals surface area contributed by atoms with Crippen molar-refractivity contribution in [1.82, 2.24) is 9.38 Å². The van der Waals surface area contributed by atoms with Gasteiger partial charge in [0.2, 0.25) is 0 Å². The number of hydrogen-bond acceptors (Lipinski definition) is 3. The highest BCUT2D eigenvalue weighted by atomic mass is 19.4. The van der Waals surface area contributed by atoms with Gasteiger partial charge in [-0.3, -0.25) is 4.79 Å². The number of pyridine rings is 1. The van der Waals surface area contributed by atoms with Gasteiger partial charge in [0, 0.05) is 23.7 Å². The third-order valence-electron chi connectivity index (χ3n) is 4.46. The number of nitrogens with two attached hydrogens (primary N) is 1. The number of hydrogen-bond donors (Lipinski definition) is 2. The Hall–Kier alpha value is -2.87. The lowest BCUT2D eigenvalue weighted by Crippen LogP contribution is -2.28. The molecule has 3 rings (SSSR count). The molecule has 0 aliphatic heterocycles. The Bertz CT molecular complexity index is 975. The summed E-state index contributed by atoms with van der Waals surface area (Å²) in [5.41, 5.74) is 6.49. The van der Waals surface area contributed by atoms with Gasteiger partial charge in [-0.25, -0.2) is 4.98 Å². The predicted molar refractivity (Wildman–Crippen MR) is 96.7 cm³/mol. The van der Waals surface area contributed by atoms with Crippen LogP contribution in [0.25, 0.3) is 5.65 Å². The van der Waals surface area contributed by atoms with E-state index >= 15 is 0 Å². The summed E-state index contributed by atoms with van der Waals surface area (Å²) < 4.78 is 39.6. The van der Waals surface area contributed by atoms with E-state index in [1.165, 1.54) is 16.7 Å². The topological polar surface area (TPSA) is 72.4 Å². The molecule has 3 N–H and O–H groups in total. The first-order valence-corrected chi connectivity index (χ1v) is 8.28. The Balaban J connectivity index is 1.79. The van der Waals surface area contributed by atoms with Crippen molar-refractivity contribution in [2.75, 3.05) is 11.9 Å². The van der Waals surface area contributed by atoms with E-state index in [4.69, 9.17) is 5.73 Å². The van der Waals surface area contributed by atoms with Crippen LogP contribution in [0.15, 0.2) is 48.8 Å². The Kier molecular flexibility index (Phi) is 4.69. The number of nitrogens with zero attached hydrogens (tertiary/aromatic N) is 2. The fraction of sp³-hybridized carbons (Fsp3) is 0.263. The zero-order valence-electron chi connectivity index (χ0n) is 14.8. The number of nitrogens with one attached hydrogen (secondary N) is 1. The molecule has 142 valence electrons. The smallest absolute Gasteiger partial charge is 0.330 e. The summed E-state index contributed by atoms with van der Waals surface area (Å²) in [4.78, 5) is 16.5. The van der Waals surface area contributed by atoms with Crippen LogP contribution in [0.2, 0.25) is 0 Å². The molecule has 2 aromatic heterocycles. The summed E-state index contributed by atoms with van der Waals surface area (Å²) in [6.07, 6.45) is -2.17. The third kappa shape index (κ3) is 3.95. The van der Waals surface area contributed by atoms with Gasteiger partial charge in [0.1, 0.15) is 5.65 Å². The minimum atomic E-state index is -4.44. The van der Waals surface area contributed by atoms with E-state index in [9.17, 15) is 18.0 Å². The molecule has 1 aromatic carbocycles. The van der Waals surface area contributed by atoms with Crippen molar-refractivity contribution in [1.29, 1.82) is 0 Å². The second-order valence-corrected chi connectivity index (χ2v) is 6.93. The lowest BCUT2D eigenvalue weighted by Gasteiger charge is -2.23. The molecule has 0 saturated carbocycles. The van der Waals surface area contributed by atoms with Gasteiger partial charge in [-0.15, -0.1) is 0 Å². The van der Waals surface area contributed by atoms with E-state index in [1.807, 2.05) is 26.0 Å². The highest BCUT2D eigenvalue weighted by Gasteiger charge is 2.30. The fourth-order valence-electron chi connectivity index (χ4n) is 2.60. The molecule has 2 heterocycles. The summed E-state index contributed by atoms with van der Waals surface area (Å²) >= 11 is 0. The Morgan fingerprint density at radius 2 is 1.70 bits per heavy atom. The largest absolute Gasteiger partial charge is 0.417 e. The number of carbonyl (C=O) groups is 1. The van der Waals surface area contributed by atoms with E-state index in [0.29, 0.717) is 17.8 Å². The molecule has 5 nitrogen and oxygen atoms in total. The van der Waals surface area contributed by atoms with Crippen molar-refractivity contribution in [2.24, 2.45) is 5.73 Å². The maximum Gasteiger partial charge on any atom is 0.417 e. The molecule has 27 heavy (non-hydrogen) atoms. The molecule has 8 heteroatoms. The van der Waals surface area contributed by atoms with Gasteiger partial charge in [0.15, 0.2) is 5.82 Å². The van der Waals surface area contributed by atoms with Gasteiger partial charge in [-0.1, -0.05) is 26.0 Å². The van der Waals surface area contributed by atoms with Crippen LogP contribution in [0.5, 0.6) is 0 Å². The number of rotatable bonds is 4. The minimum absolute atomic E-state index is 0.172. The van der Waals surface area contributed by atoms with Crippen LogP contribution in [0.3, 0.4) is 0 Å². The first-order valence-electron chi connectivity index (χ1n) is 8.28. The van der Waals surface area contributed by atoms with Crippen LogP contribution in [0.4, 0.5) is 19.0 Å². The van der Waals surface area contributed by atoms with Gasteiger partial charge in [0.25, 0.3) is 5.91 Å². The first-order chi connectivity index (χ1) is 12.6. The lowest BCUT2D eigenvalue weighted by molar-refractivity contribution is -0.137. The normalized spacial score (nSPS) is 12.4. The number of halogens is 3. The summed E-state index contributed by atoms with van der Waals surface area (Å²) in [5.74, 6) is -0.225. The number of imidazole rings is 1. The van der Waals surface area contributed by atoms with Crippen LogP contribution in [0.1, 0.15) is 35.3 Å². The number of fused-ring (bicyclic) bond motifs is 1. The molecular weight excluding hydrogens is 357 g/mol. The average Bonchev–Trinajstić information content (AvgIpc) is 3.02. The highest BCUT2D eigenvalue weighted by molar-refractivity contribution is 6.03. The predicted octanol–water partition coefficient (Wildman–Crippen LogP) is 3.84. The van der Waals surface area contributed by atoms with E-state index in [0.717, 1.165) is 17.8 Å². The molecule has 0 fully saturated rings. The van der Waals surface area contributed by atoms with Crippen molar-refractivity contribution in [3.05, 3.63) is 65.5 Å². The number of benzene rings is 1. The van der Waals surface area contributed by atoms with Crippen LogP contribution < -0.4 is 11.1 Å². The van der Waals surface area contributed by atoms with E-state index in [-0.39, 0.29) is 11.2 Å². The van der Waals surface area contributed by atoms with Crippen LogP contribution in [0, 0.1) is 0 Å². The van der Waals surface area contributed by atoms with Gasteiger partial charge in [0.05, 0.1) is 11.8 Å². The summed E-state index contributed by atoms with van der Waals surface area (Å²) in [6, 6.07) is 9.23. The molecule has 0 aliphatic carbocycles. The van der Waals surface area contributed by atoms with Gasteiger partial charge < -0.3 is 15.5 Å². The van der Waals surface area contributed by atoms with Crippen molar-refractivity contribution >= 4 is 17.4 Å². The molecule has 0 spiro atoms. The van der Waals surface area contributed by atoms with Gasteiger partial charge in [-0.05, 0) is 29.8 Å². The SMILES string of the molecule is CC(C)(CN)c1ccc(C(=O)Nc2cn3cc(C(F)(F)F)ccc3n2)cc1. The fourth-order valence-corrected chi connectivity index (χ4v) is 2.60. The third-order valence-corrected chi connectivity index (χ3v) is 4.46. The van der Waals surface area contributed by atoms with E-state index < -0.39 is 17.6 Å². The summed E-state index contributed by atoms with van der Waals surface area (Å²) in [7, 11) is 0. The number of alkyl halides is 3. The quantitative estimate of drug-likeness (QED) is 0.727. The molecule has 0 saturated heterocycles. The molecule has 0 unspecified atom stereocenters. The van der Waals surface area contributed by atoms with Crippen LogP contribution in [-0.2, 0) is 11.6 Å². The van der Waals surface area contributed by atoms with Gasteiger partial charge in [-0.2, -0.15) is 13.2 Å². The summed E-state index contributed by atoms with van der Waals surface area (Å²) in [5, 5.41) is 2.60.